The van der Waals surface area contributed by atoms with Gasteiger partial charge in [0.05, 0.1) is 24.1 Å². The molecule has 1 atom stereocenters. The first-order chi connectivity index (χ1) is 14.1. The number of benzene rings is 1. The predicted octanol–water partition coefficient (Wildman–Crippen LogP) is 4.20. The van der Waals surface area contributed by atoms with Crippen LogP contribution in [-0.4, -0.2) is 42.6 Å². The van der Waals surface area contributed by atoms with Gasteiger partial charge in [-0.25, -0.2) is 9.97 Å². The molecule has 5 rings (SSSR count). The first-order valence-corrected chi connectivity index (χ1v) is 10.6. The van der Waals surface area contributed by atoms with Crippen molar-refractivity contribution in [2.45, 2.75) is 38.3 Å². The number of hydrogen-bond acceptors (Lipinski definition) is 7. The van der Waals surface area contributed by atoms with Gasteiger partial charge in [-0.15, -0.1) is 11.3 Å². The van der Waals surface area contributed by atoms with Gasteiger partial charge in [0.1, 0.15) is 17.0 Å². The fourth-order valence-electron chi connectivity index (χ4n) is 4.44. The van der Waals surface area contributed by atoms with E-state index >= 15 is 0 Å². The third-order valence-corrected chi connectivity index (χ3v) is 7.20. The number of thiophene rings is 1. The van der Waals surface area contributed by atoms with Crippen LogP contribution in [0.5, 0.6) is 0 Å². The number of hydrogen-bond donors (Lipinski definition) is 1. The summed E-state index contributed by atoms with van der Waals surface area (Å²) in [6.07, 6.45) is 6.31. The van der Waals surface area contributed by atoms with Crippen molar-refractivity contribution in [3.63, 3.8) is 0 Å². The monoisotopic (exact) mass is 408 g/mol. The van der Waals surface area contributed by atoms with Crippen LogP contribution in [0, 0.1) is 6.92 Å². The minimum atomic E-state index is -0.250. The first kappa shape index (κ1) is 18.7. The van der Waals surface area contributed by atoms with Crippen LogP contribution in [0.1, 0.15) is 33.6 Å². The minimum Gasteiger partial charge on any atom is -0.382 e. The molecule has 29 heavy (non-hydrogen) atoms. The van der Waals surface area contributed by atoms with Gasteiger partial charge in [-0.3, -0.25) is 4.99 Å². The summed E-state index contributed by atoms with van der Waals surface area (Å²) in [5.41, 5.74) is 5.82. The molecule has 6 nitrogen and oxygen atoms in total. The van der Waals surface area contributed by atoms with E-state index in [9.17, 15) is 0 Å². The van der Waals surface area contributed by atoms with Crippen LogP contribution in [0.25, 0.3) is 10.2 Å². The molecular weight excluding hydrogens is 384 g/mol. The van der Waals surface area contributed by atoms with E-state index < -0.39 is 0 Å². The second-order valence-electron chi connectivity index (χ2n) is 7.86. The standard InChI is InChI=1S/C22H24N4O2S/c1-13-6-14-9-23-10-15(14)7-17(13)26-20-19-16-4-5-22(28-3,11-27-2)8-18(16)29-21(19)25-12-24-20/h6-7,10,12H,4-5,8-9,11H2,1-3H3,(H,24,25,26)/t22-/m1/s1. The van der Waals surface area contributed by atoms with Gasteiger partial charge in [-0.05, 0) is 48.1 Å². The molecule has 0 bridgehead atoms. The van der Waals surface area contributed by atoms with Crippen molar-refractivity contribution in [2.24, 2.45) is 4.99 Å². The van der Waals surface area contributed by atoms with Gasteiger partial charge < -0.3 is 14.8 Å². The van der Waals surface area contributed by atoms with E-state index in [4.69, 9.17) is 9.47 Å². The molecule has 0 saturated carbocycles. The summed E-state index contributed by atoms with van der Waals surface area (Å²) in [7, 11) is 3.52. The van der Waals surface area contributed by atoms with E-state index in [1.165, 1.54) is 27.1 Å². The van der Waals surface area contributed by atoms with Crippen molar-refractivity contribution >= 4 is 39.3 Å². The van der Waals surface area contributed by atoms with Gasteiger partial charge in [0.2, 0.25) is 0 Å². The molecule has 3 heterocycles. The summed E-state index contributed by atoms with van der Waals surface area (Å²) in [5.74, 6) is 0.877. The van der Waals surface area contributed by atoms with Gasteiger partial charge >= 0.3 is 0 Å². The average Bonchev–Trinajstić information content (AvgIpc) is 3.32. The minimum absolute atomic E-state index is 0.250. The Morgan fingerprint density at radius 3 is 2.97 bits per heavy atom. The molecule has 1 N–H and O–H groups in total. The van der Waals surface area contributed by atoms with Crippen LogP contribution < -0.4 is 5.32 Å². The highest BCUT2D eigenvalue weighted by Crippen LogP contribution is 2.42. The maximum Gasteiger partial charge on any atom is 0.142 e. The molecule has 0 radical (unpaired) electrons. The largest absolute Gasteiger partial charge is 0.382 e. The molecule has 2 aromatic heterocycles. The van der Waals surface area contributed by atoms with Crippen molar-refractivity contribution in [1.82, 2.24) is 9.97 Å². The molecule has 150 valence electrons. The van der Waals surface area contributed by atoms with Crippen LogP contribution in [0.3, 0.4) is 0 Å². The quantitative estimate of drug-likeness (QED) is 0.685. The SMILES string of the molecule is COC[C@@]1(OC)CCc2c(sc3ncnc(Nc4cc5c(cc4C)CN=C5)c23)C1. The zero-order chi connectivity index (χ0) is 20.0. The number of fused-ring (bicyclic) bond motifs is 4. The Morgan fingerprint density at radius 1 is 1.24 bits per heavy atom. The summed E-state index contributed by atoms with van der Waals surface area (Å²) < 4.78 is 11.3. The third-order valence-electron chi connectivity index (χ3n) is 6.06. The molecule has 0 saturated heterocycles. The lowest BCUT2D eigenvalue weighted by atomic mass is 9.84. The van der Waals surface area contributed by atoms with E-state index in [0.29, 0.717) is 6.61 Å². The van der Waals surface area contributed by atoms with Crippen molar-refractivity contribution in [2.75, 3.05) is 26.1 Å². The Kier molecular flexibility index (Phi) is 4.61. The highest BCUT2D eigenvalue weighted by atomic mass is 32.1. The van der Waals surface area contributed by atoms with Crippen LogP contribution >= 0.6 is 11.3 Å². The molecule has 2 aliphatic rings. The van der Waals surface area contributed by atoms with Gasteiger partial charge in [0.15, 0.2) is 0 Å². The predicted molar refractivity (Wildman–Crippen MR) is 117 cm³/mol. The molecule has 7 heteroatoms. The van der Waals surface area contributed by atoms with Crippen LogP contribution in [0.15, 0.2) is 23.5 Å². The van der Waals surface area contributed by atoms with Crippen molar-refractivity contribution in [3.8, 4) is 0 Å². The lowest BCUT2D eigenvalue weighted by Crippen LogP contribution is -2.41. The highest BCUT2D eigenvalue weighted by molar-refractivity contribution is 7.19. The van der Waals surface area contributed by atoms with Crippen molar-refractivity contribution < 1.29 is 9.47 Å². The van der Waals surface area contributed by atoms with Gasteiger partial charge in [0.25, 0.3) is 0 Å². The number of aryl methyl sites for hydroxylation is 2. The molecule has 0 amide bonds. The number of aromatic nitrogens is 2. The molecule has 0 spiro atoms. The molecule has 1 aliphatic heterocycles. The summed E-state index contributed by atoms with van der Waals surface area (Å²) in [5, 5.41) is 4.72. The van der Waals surface area contributed by atoms with E-state index in [1.807, 2.05) is 6.21 Å². The molecule has 1 aliphatic carbocycles. The zero-order valence-corrected chi connectivity index (χ0v) is 17.7. The first-order valence-electron chi connectivity index (χ1n) is 9.82. The van der Waals surface area contributed by atoms with E-state index in [-0.39, 0.29) is 5.60 Å². The number of rotatable bonds is 5. The number of ether oxygens (including phenoxy) is 2. The maximum atomic E-state index is 5.87. The Balaban J connectivity index is 1.55. The Hall–Kier alpha value is -2.35. The third kappa shape index (κ3) is 3.13. The molecule has 0 unspecified atom stereocenters. The number of nitrogens with zero attached hydrogens (tertiary/aromatic N) is 3. The molecule has 1 aromatic carbocycles. The zero-order valence-electron chi connectivity index (χ0n) is 16.9. The number of anilines is 2. The Bertz CT molecular complexity index is 1120. The smallest absolute Gasteiger partial charge is 0.142 e. The van der Waals surface area contributed by atoms with E-state index in [1.54, 1.807) is 31.9 Å². The van der Waals surface area contributed by atoms with Crippen LogP contribution in [0.2, 0.25) is 0 Å². The summed E-state index contributed by atoms with van der Waals surface area (Å²) in [4.78, 5) is 15.9. The fourth-order valence-corrected chi connectivity index (χ4v) is 5.76. The van der Waals surface area contributed by atoms with Crippen molar-refractivity contribution in [3.05, 3.63) is 45.6 Å². The van der Waals surface area contributed by atoms with Gasteiger partial charge in [0, 0.05) is 37.4 Å². The normalized spacial score (nSPS) is 20.1. The van der Waals surface area contributed by atoms with Crippen LogP contribution in [0.4, 0.5) is 11.5 Å². The van der Waals surface area contributed by atoms with E-state index in [0.717, 1.165) is 47.5 Å². The molecule has 3 aromatic rings. The summed E-state index contributed by atoms with van der Waals surface area (Å²) >= 11 is 1.74. The van der Waals surface area contributed by atoms with Crippen LogP contribution in [-0.2, 0) is 28.9 Å². The maximum absolute atomic E-state index is 5.87. The lowest BCUT2D eigenvalue weighted by Gasteiger charge is -2.35. The number of aliphatic imine (C=N–C) groups is 1. The molecule has 0 fully saturated rings. The number of methoxy groups -OCH3 is 2. The second-order valence-corrected chi connectivity index (χ2v) is 8.95. The highest BCUT2D eigenvalue weighted by Gasteiger charge is 2.37. The van der Waals surface area contributed by atoms with Gasteiger partial charge in [-0.2, -0.15) is 0 Å². The topological polar surface area (TPSA) is 68.6 Å². The Labute approximate surface area is 174 Å². The molecular formula is C22H24N4O2S. The number of nitrogens with one attached hydrogen (secondary N) is 1. The Morgan fingerprint density at radius 2 is 2.14 bits per heavy atom. The second kappa shape index (κ2) is 7.16. The summed E-state index contributed by atoms with van der Waals surface area (Å²) in [6.45, 7) is 3.50. The van der Waals surface area contributed by atoms with Crippen molar-refractivity contribution in [1.29, 1.82) is 0 Å². The van der Waals surface area contributed by atoms with Gasteiger partial charge in [-0.1, -0.05) is 6.07 Å². The van der Waals surface area contributed by atoms with E-state index in [2.05, 4.69) is 39.3 Å². The lowest BCUT2D eigenvalue weighted by molar-refractivity contribution is -0.0714. The summed E-state index contributed by atoms with van der Waals surface area (Å²) in [6, 6.07) is 4.38. The fraction of sp³-hybridized carbons (Fsp3) is 0.409. The average molecular weight is 409 g/mol.